The molecular weight excluding hydrogens is 402 g/mol. The second kappa shape index (κ2) is 7.72. The van der Waals surface area contributed by atoms with Crippen LogP contribution in [0.5, 0.6) is 0 Å². The fraction of sp³-hybridized carbons (Fsp3) is 0.278. The van der Waals surface area contributed by atoms with E-state index in [9.17, 15) is 31.1 Å². The van der Waals surface area contributed by atoms with Crippen LogP contribution in [0.2, 0.25) is 0 Å². The third-order valence-electron chi connectivity index (χ3n) is 4.00. The summed E-state index contributed by atoms with van der Waals surface area (Å²) in [6.07, 6.45) is -4.06. The smallest absolute Gasteiger partial charge is 0.289 e. The van der Waals surface area contributed by atoms with Gasteiger partial charge in [0.25, 0.3) is 0 Å². The van der Waals surface area contributed by atoms with E-state index in [1.807, 2.05) is 0 Å². The fourth-order valence-electron chi connectivity index (χ4n) is 2.70. The summed E-state index contributed by atoms with van der Waals surface area (Å²) in [6, 6.07) is 1.94. The van der Waals surface area contributed by atoms with Crippen molar-refractivity contribution < 1.29 is 31.1 Å². The van der Waals surface area contributed by atoms with Gasteiger partial charge >= 0.3 is 12.4 Å². The van der Waals surface area contributed by atoms with Crippen molar-refractivity contribution in [3.8, 4) is 0 Å². The SMILES string of the molecule is O=C1/C(=C/c2ccnc(C(F)(F)F)n2)CCC/C1=C\c1nccc(C(F)(F)F)n1. The standard InChI is InChI=1S/C18H12F6N4O/c19-17(20,21)13-5-7-25-14(28-13)9-11-3-1-2-10(15(11)29)8-12-4-6-26-16(27-12)18(22,23)24/h4-9H,1-3H2/b10-8+,11-9+. The lowest BCUT2D eigenvalue weighted by molar-refractivity contribution is -0.145. The minimum absolute atomic E-state index is 0.0905. The molecule has 0 radical (unpaired) electrons. The van der Waals surface area contributed by atoms with Gasteiger partial charge in [0.05, 0.1) is 5.69 Å². The highest BCUT2D eigenvalue weighted by molar-refractivity contribution is 6.13. The van der Waals surface area contributed by atoms with Crippen molar-refractivity contribution in [2.75, 3.05) is 0 Å². The molecule has 0 aliphatic heterocycles. The first-order valence-corrected chi connectivity index (χ1v) is 8.30. The maximum atomic E-state index is 12.8. The Morgan fingerprint density at radius 3 is 2.14 bits per heavy atom. The summed E-state index contributed by atoms with van der Waals surface area (Å²) in [4.78, 5) is 26.3. The van der Waals surface area contributed by atoms with Crippen LogP contribution in [0, 0.1) is 0 Å². The van der Waals surface area contributed by atoms with Gasteiger partial charge in [-0.3, -0.25) is 4.79 Å². The molecule has 1 fully saturated rings. The Labute approximate surface area is 160 Å². The lowest BCUT2D eigenvalue weighted by Gasteiger charge is -2.16. The van der Waals surface area contributed by atoms with Crippen LogP contribution < -0.4 is 0 Å². The molecule has 0 atom stereocenters. The van der Waals surface area contributed by atoms with Crippen molar-refractivity contribution in [2.45, 2.75) is 31.6 Å². The lowest BCUT2D eigenvalue weighted by Crippen LogP contribution is -2.14. The number of ketones is 1. The molecule has 2 aromatic heterocycles. The van der Waals surface area contributed by atoms with Gasteiger partial charge in [0.1, 0.15) is 5.69 Å². The van der Waals surface area contributed by atoms with Crippen LogP contribution in [0.3, 0.4) is 0 Å². The number of hydrogen-bond donors (Lipinski definition) is 0. The molecule has 1 aliphatic carbocycles. The summed E-state index contributed by atoms with van der Waals surface area (Å²) in [7, 11) is 0. The number of halogens is 6. The number of aromatic nitrogens is 4. The zero-order chi connectivity index (χ0) is 21.2. The Morgan fingerprint density at radius 1 is 0.828 bits per heavy atom. The Morgan fingerprint density at radius 2 is 1.48 bits per heavy atom. The molecule has 5 nitrogen and oxygen atoms in total. The van der Waals surface area contributed by atoms with Gasteiger partial charge in [0, 0.05) is 23.5 Å². The van der Waals surface area contributed by atoms with Crippen LogP contribution in [-0.4, -0.2) is 25.7 Å². The third-order valence-corrected chi connectivity index (χ3v) is 4.00. The van der Waals surface area contributed by atoms with Gasteiger partial charge in [0.2, 0.25) is 5.82 Å². The van der Waals surface area contributed by atoms with Gasteiger partial charge in [-0.25, -0.2) is 19.9 Å². The van der Waals surface area contributed by atoms with Crippen LogP contribution in [0.15, 0.2) is 35.7 Å². The van der Waals surface area contributed by atoms with E-state index in [1.54, 1.807) is 0 Å². The molecule has 3 rings (SSSR count). The fourth-order valence-corrected chi connectivity index (χ4v) is 2.70. The molecule has 152 valence electrons. The maximum Gasteiger partial charge on any atom is 0.451 e. The monoisotopic (exact) mass is 414 g/mol. The molecule has 2 aromatic rings. The third kappa shape index (κ3) is 5.04. The summed E-state index contributed by atoms with van der Waals surface area (Å²) in [5, 5.41) is 0. The van der Waals surface area contributed by atoms with Gasteiger partial charge in [-0.05, 0) is 43.5 Å². The zero-order valence-corrected chi connectivity index (χ0v) is 14.6. The molecule has 29 heavy (non-hydrogen) atoms. The van der Waals surface area contributed by atoms with Crippen molar-refractivity contribution >= 4 is 17.9 Å². The Hall–Kier alpha value is -3.11. The number of nitrogens with zero attached hydrogens (tertiary/aromatic N) is 4. The molecule has 0 amide bonds. The minimum Gasteiger partial charge on any atom is -0.289 e. The maximum absolute atomic E-state index is 12.8. The predicted octanol–water partition coefficient (Wildman–Crippen LogP) is 4.52. The number of Topliss-reactive ketones (excluding diaryl/α,β-unsaturated/α-hetero) is 1. The molecule has 0 bridgehead atoms. The van der Waals surface area contributed by atoms with Gasteiger partial charge < -0.3 is 0 Å². The van der Waals surface area contributed by atoms with E-state index < -0.39 is 29.7 Å². The molecule has 11 heteroatoms. The van der Waals surface area contributed by atoms with Gasteiger partial charge in [-0.15, -0.1) is 0 Å². The molecule has 0 unspecified atom stereocenters. The Kier molecular flexibility index (Phi) is 5.49. The van der Waals surface area contributed by atoms with Crippen LogP contribution in [-0.2, 0) is 17.1 Å². The van der Waals surface area contributed by atoms with E-state index in [2.05, 4.69) is 19.9 Å². The second-order valence-electron chi connectivity index (χ2n) is 6.12. The van der Waals surface area contributed by atoms with Crippen LogP contribution in [0.4, 0.5) is 26.3 Å². The summed E-state index contributed by atoms with van der Waals surface area (Å²) >= 11 is 0. The summed E-state index contributed by atoms with van der Waals surface area (Å²) in [6.45, 7) is 0. The number of carbonyl (C=O) groups excluding carboxylic acids is 1. The van der Waals surface area contributed by atoms with E-state index in [4.69, 9.17) is 0 Å². The normalized spacial score (nSPS) is 18.5. The number of carbonyl (C=O) groups is 1. The summed E-state index contributed by atoms with van der Waals surface area (Å²) in [5.74, 6) is -2.10. The molecule has 0 aromatic carbocycles. The first kappa shape index (κ1) is 20.6. The first-order chi connectivity index (χ1) is 13.5. The molecule has 1 aliphatic rings. The molecule has 2 heterocycles. The number of alkyl halides is 6. The topological polar surface area (TPSA) is 68.6 Å². The van der Waals surface area contributed by atoms with Crippen LogP contribution in [0.1, 0.15) is 42.3 Å². The van der Waals surface area contributed by atoms with Crippen molar-refractivity contribution in [3.63, 3.8) is 0 Å². The highest BCUT2D eigenvalue weighted by atomic mass is 19.4. The number of hydrogen-bond acceptors (Lipinski definition) is 5. The first-order valence-electron chi connectivity index (χ1n) is 8.30. The Balaban J connectivity index is 1.90. The van der Waals surface area contributed by atoms with Crippen LogP contribution in [0.25, 0.3) is 12.2 Å². The molecular formula is C18H12F6N4O. The van der Waals surface area contributed by atoms with Crippen molar-refractivity contribution in [1.29, 1.82) is 0 Å². The quantitative estimate of drug-likeness (QED) is 0.534. The van der Waals surface area contributed by atoms with Crippen LogP contribution >= 0.6 is 0 Å². The van der Waals surface area contributed by atoms with Gasteiger partial charge in [-0.2, -0.15) is 26.3 Å². The highest BCUT2D eigenvalue weighted by Crippen LogP contribution is 2.30. The average molecular weight is 414 g/mol. The minimum atomic E-state index is -4.73. The van der Waals surface area contributed by atoms with Crippen molar-refractivity contribution in [3.05, 3.63) is 58.7 Å². The summed E-state index contributed by atoms with van der Waals surface area (Å²) < 4.78 is 76.5. The molecule has 0 saturated heterocycles. The molecule has 0 spiro atoms. The Bertz CT molecular complexity index is 917. The largest absolute Gasteiger partial charge is 0.451 e. The van der Waals surface area contributed by atoms with E-state index in [0.29, 0.717) is 18.9 Å². The zero-order valence-electron chi connectivity index (χ0n) is 14.6. The van der Waals surface area contributed by atoms with Crippen molar-refractivity contribution in [2.24, 2.45) is 0 Å². The van der Waals surface area contributed by atoms with E-state index >= 15 is 0 Å². The van der Waals surface area contributed by atoms with Gasteiger partial charge in [-0.1, -0.05) is 0 Å². The number of allylic oxidation sites excluding steroid dienone is 2. The molecule has 0 N–H and O–H groups in total. The lowest BCUT2D eigenvalue weighted by atomic mass is 9.88. The number of rotatable bonds is 2. The van der Waals surface area contributed by atoms with E-state index in [-0.39, 0.29) is 29.1 Å². The second-order valence-corrected chi connectivity index (χ2v) is 6.12. The van der Waals surface area contributed by atoms with E-state index in [0.717, 1.165) is 18.5 Å². The van der Waals surface area contributed by atoms with E-state index in [1.165, 1.54) is 12.1 Å². The predicted molar refractivity (Wildman–Crippen MR) is 88.9 cm³/mol. The van der Waals surface area contributed by atoms with Gasteiger partial charge in [0.15, 0.2) is 11.6 Å². The van der Waals surface area contributed by atoms with Crippen molar-refractivity contribution in [1.82, 2.24) is 19.9 Å². The average Bonchev–Trinajstić information content (AvgIpc) is 2.64. The summed E-state index contributed by atoms with van der Waals surface area (Å²) in [5.41, 5.74) is -0.862. The highest BCUT2D eigenvalue weighted by Gasteiger charge is 2.35. The molecule has 1 saturated carbocycles.